The fraction of sp³-hybridized carbons (Fsp3) is 0.333. The second-order valence-electron chi connectivity index (χ2n) is 4.45. The van der Waals surface area contributed by atoms with Crippen LogP contribution < -0.4 is 5.32 Å². The zero-order valence-electron chi connectivity index (χ0n) is 10.7. The Morgan fingerprint density at radius 2 is 2.00 bits per heavy atom. The Hall–Kier alpha value is -1.25. The molecule has 2 nitrogen and oxygen atoms in total. The van der Waals surface area contributed by atoms with Crippen molar-refractivity contribution in [1.29, 1.82) is 0 Å². The van der Waals surface area contributed by atoms with Crippen molar-refractivity contribution in [1.82, 2.24) is 9.88 Å². The number of hydrogen-bond acceptors (Lipinski definition) is 1. The van der Waals surface area contributed by atoms with Crippen molar-refractivity contribution < 1.29 is 0 Å². The van der Waals surface area contributed by atoms with Gasteiger partial charge < -0.3 is 9.88 Å². The molecule has 0 bridgehead atoms. The highest BCUT2D eigenvalue weighted by Crippen LogP contribution is 2.14. The quantitative estimate of drug-likeness (QED) is 0.837. The SMILES string of the molecule is CCCn1ccc(CNCc2ccccc2Cl)c1. The van der Waals surface area contributed by atoms with Gasteiger partial charge in [0.15, 0.2) is 0 Å². The summed E-state index contributed by atoms with van der Waals surface area (Å²) >= 11 is 6.11. The third-order valence-electron chi connectivity index (χ3n) is 2.90. The largest absolute Gasteiger partial charge is 0.354 e. The number of nitrogens with one attached hydrogen (secondary N) is 1. The van der Waals surface area contributed by atoms with E-state index in [4.69, 9.17) is 11.6 Å². The summed E-state index contributed by atoms with van der Waals surface area (Å²) in [6.07, 6.45) is 5.50. The van der Waals surface area contributed by atoms with Gasteiger partial charge in [-0.15, -0.1) is 0 Å². The molecule has 1 heterocycles. The van der Waals surface area contributed by atoms with Gasteiger partial charge in [-0.3, -0.25) is 0 Å². The molecule has 18 heavy (non-hydrogen) atoms. The van der Waals surface area contributed by atoms with Gasteiger partial charge in [0.05, 0.1) is 0 Å². The van der Waals surface area contributed by atoms with Crippen LogP contribution in [-0.4, -0.2) is 4.57 Å². The van der Waals surface area contributed by atoms with Crippen molar-refractivity contribution >= 4 is 11.6 Å². The number of hydrogen-bond donors (Lipinski definition) is 1. The molecule has 0 saturated heterocycles. The summed E-state index contributed by atoms with van der Waals surface area (Å²) < 4.78 is 2.23. The smallest absolute Gasteiger partial charge is 0.0450 e. The zero-order chi connectivity index (χ0) is 12.8. The van der Waals surface area contributed by atoms with Crippen molar-refractivity contribution in [3.05, 3.63) is 58.9 Å². The summed E-state index contributed by atoms with van der Waals surface area (Å²) in [6, 6.07) is 10.1. The van der Waals surface area contributed by atoms with E-state index in [2.05, 4.69) is 41.3 Å². The number of aryl methyl sites for hydroxylation is 1. The minimum absolute atomic E-state index is 0.804. The topological polar surface area (TPSA) is 17.0 Å². The Morgan fingerprint density at radius 1 is 1.17 bits per heavy atom. The number of benzene rings is 1. The van der Waals surface area contributed by atoms with Crippen LogP contribution in [0.1, 0.15) is 24.5 Å². The van der Waals surface area contributed by atoms with E-state index in [0.717, 1.165) is 30.2 Å². The molecule has 0 aliphatic carbocycles. The first-order chi connectivity index (χ1) is 8.79. The first-order valence-electron chi connectivity index (χ1n) is 6.38. The molecule has 1 aromatic heterocycles. The highest BCUT2D eigenvalue weighted by atomic mass is 35.5. The highest BCUT2D eigenvalue weighted by molar-refractivity contribution is 6.31. The molecule has 0 aliphatic heterocycles. The molecule has 0 saturated carbocycles. The molecule has 0 fully saturated rings. The van der Waals surface area contributed by atoms with Gasteiger partial charge in [-0.25, -0.2) is 0 Å². The van der Waals surface area contributed by atoms with Crippen LogP contribution in [0.5, 0.6) is 0 Å². The van der Waals surface area contributed by atoms with E-state index < -0.39 is 0 Å². The molecule has 0 amide bonds. The van der Waals surface area contributed by atoms with Gasteiger partial charge in [0, 0.05) is 37.1 Å². The van der Waals surface area contributed by atoms with Crippen molar-refractivity contribution in [2.75, 3.05) is 0 Å². The maximum Gasteiger partial charge on any atom is 0.0450 e. The second-order valence-corrected chi connectivity index (χ2v) is 4.86. The van der Waals surface area contributed by atoms with Gasteiger partial charge in [-0.1, -0.05) is 36.7 Å². The van der Waals surface area contributed by atoms with E-state index in [9.17, 15) is 0 Å². The molecule has 1 N–H and O–H groups in total. The van der Waals surface area contributed by atoms with Crippen LogP contribution in [0.3, 0.4) is 0 Å². The Morgan fingerprint density at radius 3 is 2.78 bits per heavy atom. The summed E-state index contributed by atoms with van der Waals surface area (Å²) in [6.45, 7) is 4.96. The molecule has 0 unspecified atom stereocenters. The van der Waals surface area contributed by atoms with E-state index in [-0.39, 0.29) is 0 Å². The van der Waals surface area contributed by atoms with Crippen molar-refractivity contribution in [3.8, 4) is 0 Å². The molecule has 0 atom stereocenters. The van der Waals surface area contributed by atoms with Crippen molar-refractivity contribution in [2.45, 2.75) is 33.0 Å². The Bertz CT molecular complexity index is 491. The lowest BCUT2D eigenvalue weighted by atomic mass is 10.2. The zero-order valence-corrected chi connectivity index (χ0v) is 11.5. The van der Waals surface area contributed by atoms with E-state index in [0.29, 0.717) is 0 Å². The van der Waals surface area contributed by atoms with E-state index in [1.807, 2.05) is 18.2 Å². The summed E-state index contributed by atoms with van der Waals surface area (Å²) in [7, 11) is 0. The summed E-state index contributed by atoms with van der Waals surface area (Å²) in [4.78, 5) is 0. The molecule has 2 rings (SSSR count). The minimum atomic E-state index is 0.804. The third-order valence-corrected chi connectivity index (χ3v) is 3.26. The summed E-state index contributed by atoms with van der Waals surface area (Å²) in [5.41, 5.74) is 2.46. The maximum absolute atomic E-state index is 6.11. The number of rotatable bonds is 6. The Balaban J connectivity index is 1.83. The van der Waals surface area contributed by atoms with Gasteiger partial charge in [-0.05, 0) is 29.7 Å². The molecular weight excluding hydrogens is 244 g/mol. The minimum Gasteiger partial charge on any atom is -0.354 e. The molecule has 96 valence electrons. The fourth-order valence-electron chi connectivity index (χ4n) is 1.98. The van der Waals surface area contributed by atoms with Crippen molar-refractivity contribution in [3.63, 3.8) is 0 Å². The van der Waals surface area contributed by atoms with E-state index >= 15 is 0 Å². The Labute approximate surface area is 114 Å². The van der Waals surface area contributed by atoms with E-state index in [1.54, 1.807) is 0 Å². The van der Waals surface area contributed by atoms with Crippen LogP contribution in [0.15, 0.2) is 42.7 Å². The van der Waals surface area contributed by atoms with Crippen LogP contribution in [0.4, 0.5) is 0 Å². The predicted octanol–water partition coefficient (Wildman–Crippen LogP) is 3.84. The number of aromatic nitrogens is 1. The molecule has 0 radical (unpaired) electrons. The van der Waals surface area contributed by atoms with Gasteiger partial charge in [0.1, 0.15) is 0 Å². The molecule has 2 aromatic rings. The molecule has 0 spiro atoms. The third kappa shape index (κ3) is 3.62. The standard InChI is InChI=1S/C15H19ClN2/c1-2-8-18-9-7-13(12-18)10-17-11-14-5-3-4-6-15(14)16/h3-7,9,12,17H,2,8,10-11H2,1H3. The normalized spacial score (nSPS) is 10.8. The molecule has 1 aromatic carbocycles. The highest BCUT2D eigenvalue weighted by Gasteiger charge is 1.99. The molecule has 3 heteroatoms. The monoisotopic (exact) mass is 262 g/mol. The predicted molar refractivity (Wildman–Crippen MR) is 76.7 cm³/mol. The van der Waals surface area contributed by atoms with Gasteiger partial charge in [-0.2, -0.15) is 0 Å². The average molecular weight is 263 g/mol. The van der Waals surface area contributed by atoms with Crippen LogP contribution in [0.2, 0.25) is 5.02 Å². The Kier molecular flexibility index (Phi) is 4.85. The van der Waals surface area contributed by atoms with Crippen LogP contribution in [0.25, 0.3) is 0 Å². The second kappa shape index (κ2) is 6.62. The maximum atomic E-state index is 6.11. The molecular formula is C15H19ClN2. The first-order valence-corrected chi connectivity index (χ1v) is 6.76. The van der Waals surface area contributed by atoms with Crippen LogP contribution >= 0.6 is 11.6 Å². The van der Waals surface area contributed by atoms with Gasteiger partial charge in [0.2, 0.25) is 0 Å². The van der Waals surface area contributed by atoms with Gasteiger partial charge in [0.25, 0.3) is 0 Å². The fourth-order valence-corrected chi connectivity index (χ4v) is 2.18. The lowest BCUT2D eigenvalue weighted by Crippen LogP contribution is -2.12. The van der Waals surface area contributed by atoms with Crippen LogP contribution in [-0.2, 0) is 19.6 Å². The van der Waals surface area contributed by atoms with Crippen LogP contribution in [0, 0.1) is 0 Å². The lowest BCUT2D eigenvalue weighted by Gasteiger charge is -2.05. The first kappa shape index (κ1) is 13.2. The summed E-state index contributed by atoms with van der Waals surface area (Å²) in [5.74, 6) is 0. The molecule has 0 aliphatic rings. The van der Waals surface area contributed by atoms with E-state index in [1.165, 1.54) is 12.0 Å². The number of halogens is 1. The summed E-state index contributed by atoms with van der Waals surface area (Å²) in [5, 5.41) is 4.24. The number of nitrogens with zero attached hydrogens (tertiary/aromatic N) is 1. The lowest BCUT2D eigenvalue weighted by molar-refractivity contribution is 0.668. The van der Waals surface area contributed by atoms with Crippen molar-refractivity contribution in [2.24, 2.45) is 0 Å². The van der Waals surface area contributed by atoms with Gasteiger partial charge >= 0.3 is 0 Å². The average Bonchev–Trinajstić information content (AvgIpc) is 2.80.